The average Bonchev–Trinajstić information content (AvgIpc) is 2.39. The fraction of sp³-hybridized carbons (Fsp3) is 0.692. The maximum atomic E-state index is 5.67. The van der Waals surface area contributed by atoms with Crippen LogP contribution < -0.4 is 10.6 Å². The van der Waals surface area contributed by atoms with Crippen LogP contribution >= 0.6 is 0 Å². The zero-order chi connectivity index (χ0) is 13.0. The van der Waals surface area contributed by atoms with Crippen LogP contribution in [0.3, 0.4) is 0 Å². The minimum atomic E-state index is 0.576. The van der Waals surface area contributed by atoms with E-state index in [0.717, 1.165) is 50.9 Å². The third-order valence-corrected chi connectivity index (χ3v) is 3.41. The Labute approximate surface area is 109 Å². The van der Waals surface area contributed by atoms with Crippen molar-refractivity contribution in [1.82, 2.24) is 14.9 Å². The van der Waals surface area contributed by atoms with Crippen LogP contribution in [-0.2, 0) is 0 Å². The van der Waals surface area contributed by atoms with Crippen molar-refractivity contribution in [3.63, 3.8) is 0 Å². The number of nitrogens with two attached hydrogens (primary N) is 1. The fourth-order valence-electron chi connectivity index (χ4n) is 2.23. The van der Waals surface area contributed by atoms with Crippen LogP contribution in [0.1, 0.15) is 12.6 Å². The highest BCUT2D eigenvalue weighted by molar-refractivity contribution is 5.30. The molecular weight excluding hydrogens is 226 g/mol. The first kappa shape index (κ1) is 13.2. The summed E-state index contributed by atoms with van der Waals surface area (Å²) in [6.45, 7) is 10.2. The standard InChI is InChI=1S/C13H23N5/c1-11(9-14)10-17-5-7-18(8-6-17)13-15-4-3-12(2)16-13/h3-4,11H,5-10,14H2,1-2H3. The molecule has 2 N–H and O–H groups in total. The van der Waals surface area contributed by atoms with Gasteiger partial charge in [0.25, 0.3) is 0 Å². The van der Waals surface area contributed by atoms with Crippen LogP contribution in [0, 0.1) is 12.8 Å². The van der Waals surface area contributed by atoms with Gasteiger partial charge in [0.2, 0.25) is 5.95 Å². The first-order valence-corrected chi connectivity index (χ1v) is 6.66. The second kappa shape index (κ2) is 6.11. The van der Waals surface area contributed by atoms with Crippen molar-refractivity contribution in [1.29, 1.82) is 0 Å². The molecule has 0 saturated carbocycles. The molecule has 1 aliphatic heterocycles. The monoisotopic (exact) mass is 249 g/mol. The van der Waals surface area contributed by atoms with E-state index in [9.17, 15) is 0 Å². The topological polar surface area (TPSA) is 58.3 Å². The molecule has 2 rings (SSSR count). The van der Waals surface area contributed by atoms with Crippen molar-refractivity contribution < 1.29 is 0 Å². The maximum Gasteiger partial charge on any atom is 0.225 e. The van der Waals surface area contributed by atoms with E-state index < -0.39 is 0 Å². The van der Waals surface area contributed by atoms with Gasteiger partial charge in [-0.3, -0.25) is 4.90 Å². The Hall–Kier alpha value is -1.20. The number of piperazine rings is 1. The van der Waals surface area contributed by atoms with Crippen molar-refractivity contribution >= 4 is 5.95 Å². The predicted molar refractivity (Wildman–Crippen MR) is 73.6 cm³/mol. The molecule has 1 aliphatic rings. The zero-order valence-electron chi connectivity index (χ0n) is 11.3. The number of aromatic nitrogens is 2. The summed E-state index contributed by atoms with van der Waals surface area (Å²) in [6.07, 6.45) is 1.83. The van der Waals surface area contributed by atoms with Crippen LogP contribution in [0.5, 0.6) is 0 Å². The molecule has 0 radical (unpaired) electrons. The summed E-state index contributed by atoms with van der Waals surface area (Å²) < 4.78 is 0. The van der Waals surface area contributed by atoms with Crippen molar-refractivity contribution in [3.05, 3.63) is 18.0 Å². The molecule has 5 nitrogen and oxygen atoms in total. The molecule has 0 amide bonds. The molecule has 0 spiro atoms. The van der Waals surface area contributed by atoms with E-state index in [4.69, 9.17) is 5.73 Å². The Morgan fingerprint density at radius 2 is 2.06 bits per heavy atom. The number of nitrogens with zero attached hydrogens (tertiary/aromatic N) is 4. The van der Waals surface area contributed by atoms with E-state index in [0.29, 0.717) is 5.92 Å². The third-order valence-electron chi connectivity index (χ3n) is 3.41. The van der Waals surface area contributed by atoms with Gasteiger partial charge in [-0.25, -0.2) is 9.97 Å². The summed E-state index contributed by atoms with van der Waals surface area (Å²) >= 11 is 0. The highest BCUT2D eigenvalue weighted by atomic mass is 15.3. The van der Waals surface area contributed by atoms with Crippen LogP contribution in [0.15, 0.2) is 12.3 Å². The van der Waals surface area contributed by atoms with Crippen LogP contribution in [-0.4, -0.2) is 54.1 Å². The maximum absolute atomic E-state index is 5.67. The Morgan fingerprint density at radius 1 is 1.33 bits per heavy atom. The molecule has 1 unspecified atom stereocenters. The van der Waals surface area contributed by atoms with E-state index in [1.54, 1.807) is 0 Å². The van der Waals surface area contributed by atoms with Crippen molar-refractivity contribution in [3.8, 4) is 0 Å². The summed E-state index contributed by atoms with van der Waals surface area (Å²) in [6, 6.07) is 1.93. The van der Waals surface area contributed by atoms with Gasteiger partial charge in [-0.05, 0) is 25.5 Å². The van der Waals surface area contributed by atoms with Gasteiger partial charge in [0.1, 0.15) is 0 Å². The smallest absolute Gasteiger partial charge is 0.225 e. The highest BCUT2D eigenvalue weighted by Crippen LogP contribution is 2.11. The van der Waals surface area contributed by atoms with Crippen molar-refractivity contribution in [2.45, 2.75) is 13.8 Å². The molecule has 1 atom stereocenters. The number of aryl methyl sites for hydroxylation is 1. The van der Waals surface area contributed by atoms with Gasteiger partial charge in [0, 0.05) is 44.6 Å². The zero-order valence-corrected chi connectivity index (χ0v) is 11.3. The SMILES string of the molecule is Cc1ccnc(N2CCN(CC(C)CN)CC2)n1. The largest absolute Gasteiger partial charge is 0.338 e. The summed E-state index contributed by atoms with van der Waals surface area (Å²) in [7, 11) is 0. The molecule has 2 heterocycles. The van der Waals surface area contributed by atoms with Gasteiger partial charge in [-0.2, -0.15) is 0 Å². The van der Waals surface area contributed by atoms with E-state index in [-0.39, 0.29) is 0 Å². The lowest BCUT2D eigenvalue weighted by Crippen LogP contribution is -2.48. The van der Waals surface area contributed by atoms with Gasteiger partial charge in [0.15, 0.2) is 0 Å². The van der Waals surface area contributed by atoms with Gasteiger partial charge in [-0.1, -0.05) is 6.92 Å². The highest BCUT2D eigenvalue weighted by Gasteiger charge is 2.19. The molecule has 100 valence electrons. The lowest BCUT2D eigenvalue weighted by molar-refractivity contribution is 0.226. The Kier molecular flexibility index (Phi) is 4.49. The van der Waals surface area contributed by atoms with E-state index in [1.165, 1.54) is 0 Å². The molecule has 1 aromatic rings. The molecule has 18 heavy (non-hydrogen) atoms. The lowest BCUT2D eigenvalue weighted by Gasteiger charge is -2.35. The van der Waals surface area contributed by atoms with Crippen molar-refractivity contribution in [2.75, 3.05) is 44.2 Å². The summed E-state index contributed by atoms with van der Waals surface area (Å²) in [4.78, 5) is 13.6. The first-order valence-electron chi connectivity index (χ1n) is 6.66. The Morgan fingerprint density at radius 3 is 2.67 bits per heavy atom. The normalized spacial score (nSPS) is 18.9. The van der Waals surface area contributed by atoms with Crippen LogP contribution in [0.25, 0.3) is 0 Å². The molecule has 5 heteroatoms. The third kappa shape index (κ3) is 3.40. The first-order chi connectivity index (χ1) is 8.69. The summed E-state index contributed by atoms with van der Waals surface area (Å²) in [5, 5.41) is 0. The number of hydrogen-bond acceptors (Lipinski definition) is 5. The van der Waals surface area contributed by atoms with Gasteiger partial charge >= 0.3 is 0 Å². The summed E-state index contributed by atoms with van der Waals surface area (Å²) in [5.41, 5.74) is 6.69. The van der Waals surface area contributed by atoms with E-state index in [1.807, 2.05) is 19.2 Å². The number of anilines is 1. The van der Waals surface area contributed by atoms with E-state index >= 15 is 0 Å². The van der Waals surface area contributed by atoms with Crippen LogP contribution in [0.4, 0.5) is 5.95 Å². The minimum Gasteiger partial charge on any atom is -0.338 e. The predicted octanol–water partition coefficient (Wildman–Crippen LogP) is 0.502. The number of hydrogen-bond donors (Lipinski definition) is 1. The number of rotatable bonds is 4. The molecular formula is C13H23N5. The van der Waals surface area contributed by atoms with E-state index in [2.05, 4.69) is 26.7 Å². The quantitative estimate of drug-likeness (QED) is 0.842. The molecule has 1 fully saturated rings. The fourth-order valence-corrected chi connectivity index (χ4v) is 2.23. The second-order valence-corrected chi connectivity index (χ2v) is 5.13. The molecule has 1 saturated heterocycles. The van der Waals surface area contributed by atoms with Gasteiger partial charge in [-0.15, -0.1) is 0 Å². The van der Waals surface area contributed by atoms with Gasteiger partial charge in [0.05, 0.1) is 0 Å². The molecule has 1 aromatic heterocycles. The Balaban J connectivity index is 1.87. The molecule has 0 aliphatic carbocycles. The average molecular weight is 249 g/mol. The van der Waals surface area contributed by atoms with Crippen molar-refractivity contribution in [2.24, 2.45) is 11.7 Å². The van der Waals surface area contributed by atoms with Crippen LogP contribution in [0.2, 0.25) is 0 Å². The molecule has 0 bridgehead atoms. The lowest BCUT2D eigenvalue weighted by atomic mass is 10.1. The van der Waals surface area contributed by atoms with Gasteiger partial charge < -0.3 is 10.6 Å². The Bertz CT molecular complexity index is 373. The second-order valence-electron chi connectivity index (χ2n) is 5.13. The minimum absolute atomic E-state index is 0.576. The summed E-state index contributed by atoms with van der Waals surface area (Å²) in [5.74, 6) is 1.44. The molecule has 0 aromatic carbocycles.